The molecule has 0 aliphatic rings. The quantitative estimate of drug-likeness (QED) is 0.442. The molecule has 0 spiro atoms. The number of ketones is 1. The number of hydrogen-bond acceptors (Lipinski definition) is 3. The van der Waals surface area contributed by atoms with Crippen LogP contribution in [0.2, 0.25) is 0 Å². The van der Waals surface area contributed by atoms with E-state index in [2.05, 4.69) is 4.74 Å². The van der Waals surface area contributed by atoms with Crippen molar-refractivity contribution in [2.75, 3.05) is 6.61 Å². The van der Waals surface area contributed by atoms with Gasteiger partial charge in [-0.2, -0.15) is 0 Å². The van der Waals surface area contributed by atoms with E-state index in [0.29, 0.717) is 0 Å². The van der Waals surface area contributed by atoms with Gasteiger partial charge in [-0.15, -0.1) is 0 Å². The molecule has 0 saturated carbocycles. The maximum Gasteiger partial charge on any atom is 0.379 e. The summed E-state index contributed by atoms with van der Waals surface area (Å²) in [6.07, 6.45) is 2.86. The van der Waals surface area contributed by atoms with Gasteiger partial charge in [0.2, 0.25) is 0 Å². The van der Waals surface area contributed by atoms with E-state index >= 15 is 0 Å². The average molecular weight is 218 g/mol. The van der Waals surface area contributed by atoms with Gasteiger partial charge in [0, 0.05) is 0 Å². The van der Waals surface area contributed by atoms with Crippen LogP contribution in [0.5, 0.6) is 0 Å². The first-order valence-electron chi connectivity index (χ1n) is 5.10. The molecule has 3 nitrogen and oxygen atoms in total. The molecule has 0 aliphatic carbocycles. The van der Waals surface area contributed by atoms with Crippen LogP contribution >= 0.6 is 0 Å². The molecule has 0 aromatic heterocycles. The first-order chi connectivity index (χ1) is 7.65. The van der Waals surface area contributed by atoms with E-state index in [1.807, 2.05) is 31.2 Å². The minimum Gasteiger partial charge on any atom is -0.460 e. The molecule has 0 radical (unpaired) electrons. The zero-order chi connectivity index (χ0) is 12.0. The van der Waals surface area contributed by atoms with Crippen LogP contribution in [0.15, 0.2) is 30.3 Å². The second kappa shape index (κ2) is 5.85. The summed E-state index contributed by atoms with van der Waals surface area (Å²) in [7, 11) is 0. The van der Waals surface area contributed by atoms with E-state index < -0.39 is 11.8 Å². The van der Waals surface area contributed by atoms with Crippen LogP contribution in [-0.2, 0) is 14.3 Å². The Kier molecular flexibility index (Phi) is 4.45. The molecule has 0 bridgehead atoms. The van der Waals surface area contributed by atoms with Gasteiger partial charge in [0.15, 0.2) is 0 Å². The Morgan fingerprint density at radius 1 is 1.31 bits per heavy atom. The van der Waals surface area contributed by atoms with Crippen LogP contribution in [0, 0.1) is 6.92 Å². The highest BCUT2D eigenvalue weighted by Gasteiger charge is 2.10. The van der Waals surface area contributed by atoms with Crippen LogP contribution in [0.25, 0.3) is 6.08 Å². The highest BCUT2D eigenvalue weighted by Crippen LogP contribution is 2.08. The number of aryl methyl sites for hydroxylation is 1. The van der Waals surface area contributed by atoms with Crippen molar-refractivity contribution in [1.29, 1.82) is 0 Å². The second-order valence-corrected chi connectivity index (χ2v) is 3.27. The molecule has 0 N–H and O–H groups in total. The minimum absolute atomic E-state index is 0.211. The number of carbonyl (C=O) groups is 2. The van der Waals surface area contributed by atoms with Gasteiger partial charge in [0.05, 0.1) is 6.61 Å². The molecule has 84 valence electrons. The molecule has 1 aromatic carbocycles. The topological polar surface area (TPSA) is 43.4 Å². The van der Waals surface area contributed by atoms with Crippen LogP contribution in [0.3, 0.4) is 0 Å². The van der Waals surface area contributed by atoms with Gasteiger partial charge >= 0.3 is 5.97 Å². The lowest BCUT2D eigenvalue weighted by Crippen LogP contribution is -2.14. The number of carbonyl (C=O) groups excluding carboxylic acids is 2. The monoisotopic (exact) mass is 218 g/mol. The Morgan fingerprint density at radius 2 is 2.00 bits per heavy atom. The van der Waals surface area contributed by atoms with Crippen LogP contribution in [0.1, 0.15) is 18.1 Å². The van der Waals surface area contributed by atoms with Crippen molar-refractivity contribution in [3.05, 3.63) is 41.5 Å². The normalized spacial score (nSPS) is 10.4. The van der Waals surface area contributed by atoms with E-state index in [0.717, 1.165) is 11.1 Å². The number of ether oxygens (including phenoxy) is 1. The van der Waals surface area contributed by atoms with Crippen molar-refractivity contribution >= 4 is 17.8 Å². The Morgan fingerprint density at radius 3 is 2.62 bits per heavy atom. The lowest BCUT2D eigenvalue weighted by Gasteiger charge is -1.98. The average Bonchev–Trinajstić information content (AvgIpc) is 2.28. The van der Waals surface area contributed by atoms with Gasteiger partial charge in [-0.1, -0.05) is 30.3 Å². The Bertz CT molecular complexity index is 419. The van der Waals surface area contributed by atoms with Gasteiger partial charge in [0.1, 0.15) is 0 Å². The van der Waals surface area contributed by atoms with E-state index in [9.17, 15) is 9.59 Å². The fourth-order valence-electron chi connectivity index (χ4n) is 1.21. The second-order valence-electron chi connectivity index (χ2n) is 3.27. The lowest BCUT2D eigenvalue weighted by molar-refractivity contribution is -0.151. The van der Waals surface area contributed by atoms with Crippen molar-refractivity contribution in [2.24, 2.45) is 0 Å². The maximum absolute atomic E-state index is 11.3. The SMILES string of the molecule is CCOC(=O)C(=O)/C=C/c1ccccc1C. The molecule has 1 rings (SSSR count). The number of hydrogen-bond donors (Lipinski definition) is 0. The third-order valence-electron chi connectivity index (χ3n) is 2.08. The van der Waals surface area contributed by atoms with Crippen molar-refractivity contribution in [2.45, 2.75) is 13.8 Å². The predicted octanol–water partition coefficient (Wildman–Crippen LogP) is 2.14. The van der Waals surface area contributed by atoms with Crippen LogP contribution < -0.4 is 0 Å². The summed E-state index contributed by atoms with van der Waals surface area (Å²) in [6, 6.07) is 7.61. The molecule has 3 heteroatoms. The summed E-state index contributed by atoms with van der Waals surface area (Å²) in [6.45, 7) is 3.81. The van der Waals surface area contributed by atoms with Crippen LogP contribution in [-0.4, -0.2) is 18.4 Å². The minimum atomic E-state index is -0.813. The van der Waals surface area contributed by atoms with Gasteiger partial charge < -0.3 is 4.74 Å². The fourth-order valence-corrected chi connectivity index (χ4v) is 1.21. The van der Waals surface area contributed by atoms with Gasteiger partial charge in [-0.05, 0) is 31.1 Å². The van der Waals surface area contributed by atoms with Gasteiger partial charge in [0.25, 0.3) is 5.78 Å². The highest BCUT2D eigenvalue weighted by atomic mass is 16.5. The molecule has 0 fully saturated rings. The molecule has 0 amide bonds. The predicted molar refractivity (Wildman–Crippen MR) is 61.9 cm³/mol. The summed E-state index contributed by atoms with van der Waals surface area (Å²) in [5.74, 6) is -1.45. The van der Waals surface area contributed by atoms with Crippen molar-refractivity contribution in [3.8, 4) is 0 Å². The van der Waals surface area contributed by atoms with Crippen molar-refractivity contribution in [3.63, 3.8) is 0 Å². The molecule has 0 heterocycles. The zero-order valence-electron chi connectivity index (χ0n) is 9.40. The molecular weight excluding hydrogens is 204 g/mol. The summed E-state index contributed by atoms with van der Waals surface area (Å²) < 4.78 is 4.58. The Balaban J connectivity index is 2.71. The summed E-state index contributed by atoms with van der Waals surface area (Å²) in [5.41, 5.74) is 1.97. The summed E-state index contributed by atoms with van der Waals surface area (Å²) in [5, 5.41) is 0. The Hall–Kier alpha value is -1.90. The molecule has 0 unspecified atom stereocenters. The number of benzene rings is 1. The van der Waals surface area contributed by atoms with Crippen molar-refractivity contribution in [1.82, 2.24) is 0 Å². The summed E-state index contributed by atoms with van der Waals surface area (Å²) >= 11 is 0. The molecular formula is C13H14O3. The Labute approximate surface area is 94.7 Å². The largest absolute Gasteiger partial charge is 0.460 e. The standard InChI is InChI=1S/C13H14O3/c1-3-16-13(15)12(14)9-8-11-7-5-4-6-10(11)2/h4-9H,3H2,1-2H3/b9-8+. The third kappa shape index (κ3) is 3.35. The molecule has 16 heavy (non-hydrogen) atoms. The van der Waals surface area contributed by atoms with Crippen molar-refractivity contribution < 1.29 is 14.3 Å². The van der Waals surface area contributed by atoms with E-state index in [1.165, 1.54) is 6.08 Å². The fraction of sp³-hybridized carbons (Fsp3) is 0.231. The van der Waals surface area contributed by atoms with Gasteiger partial charge in [-0.25, -0.2) is 4.79 Å². The number of esters is 1. The highest BCUT2D eigenvalue weighted by molar-refractivity contribution is 6.39. The smallest absolute Gasteiger partial charge is 0.379 e. The third-order valence-corrected chi connectivity index (χ3v) is 2.08. The van der Waals surface area contributed by atoms with E-state index in [1.54, 1.807) is 13.0 Å². The molecule has 0 saturated heterocycles. The zero-order valence-corrected chi connectivity index (χ0v) is 9.40. The maximum atomic E-state index is 11.3. The van der Waals surface area contributed by atoms with E-state index in [-0.39, 0.29) is 6.61 Å². The van der Waals surface area contributed by atoms with E-state index in [4.69, 9.17) is 0 Å². The number of rotatable bonds is 4. The molecule has 0 atom stereocenters. The van der Waals surface area contributed by atoms with Crippen LogP contribution in [0.4, 0.5) is 0 Å². The first-order valence-corrected chi connectivity index (χ1v) is 5.10. The molecule has 1 aromatic rings. The van der Waals surface area contributed by atoms with Gasteiger partial charge in [-0.3, -0.25) is 4.79 Å². The molecule has 0 aliphatic heterocycles. The summed E-state index contributed by atoms with van der Waals surface area (Å²) in [4.78, 5) is 22.3. The first kappa shape index (κ1) is 12.2. The lowest BCUT2D eigenvalue weighted by atomic mass is 10.1.